The van der Waals surface area contributed by atoms with Gasteiger partial charge in [0.25, 0.3) is 5.56 Å². The van der Waals surface area contributed by atoms with E-state index in [1.54, 1.807) is 12.1 Å². The van der Waals surface area contributed by atoms with Gasteiger partial charge in [0.1, 0.15) is 0 Å². The second kappa shape index (κ2) is 7.71. The molecule has 0 aliphatic heterocycles. The molecule has 0 saturated heterocycles. The predicted octanol–water partition coefficient (Wildman–Crippen LogP) is 3.90. The van der Waals surface area contributed by atoms with Crippen LogP contribution in [0.3, 0.4) is 0 Å². The van der Waals surface area contributed by atoms with Gasteiger partial charge in [-0.1, -0.05) is 50.2 Å². The summed E-state index contributed by atoms with van der Waals surface area (Å²) >= 11 is 0. The molecule has 0 fully saturated rings. The van der Waals surface area contributed by atoms with E-state index in [4.69, 9.17) is 6.67 Å². The quantitative estimate of drug-likeness (QED) is 0.730. The summed E-state index contributed by atoms with van der Waals surface area (Å²) in [6.45, 7) is 4.00. The number of benzene rings is 2. The molecule has 0 spiro atoms. The summed E-state index contributed by atoms with van der Waals surface area (Å²) in [5.41, 5.74) is 2.45. The number of aromatic nitrogens is 2. The zero-order chi connectivity index (χ0) is 17.5. The molecule has 23 heavy (non-hydrogen) atoms. The van der Waals surface area contributed by atoms with Gasteiger partial charge in [0.2, 0.25) is 0 Å². The minimum atomic E-state index is -0.434. The third-order valence-corrected chi connectivity index (χ3v) is 3.20. The van der Waals surface area contributed by atoms with Gasteiger partial charge in [0.05, 0.1) is 23.3 Å². The molecule has 3 aromatic rings. The van der Waals surface area contributed by atoms with Crippen molar-refractivity contribution in [2.45, 2.75) is 13.8 Å². The van der Waals surface area contributed by atoms with Gasteiger partial charge in [-0.2, -0.15) is 5.26 Å². The number of nitriles is 1. The molecule has 0 saturated carbocycles. The number of H-pyrrole nitrogens is 1. The maximum Gasteiger partial charge on any atom is 0.258 e. The van der Waals surface area contributed by atoms with Crippen LogP contribution in [0.5, 0.6) is 0 Å². The minimum absolute atomic E-state index is 0.356. The fraction of sp³-hybridized carbons (Fsp3) is 0.105. The number of rotatable bonds is 2. The summed E-state index contributed by atoms with van der Waals surface area (Å²) in [5, 5.41) is 9.39. The molecule has 1 heterocycles. The van der Waals surface area contributed by atoms with Crippen molar-refractivity contribution in [1.82, 2.24) is 9.96 Å². The van der Waals surface area contributed by atoms with Crippen LogP contribution in [0.2, 0.25) is 1.41 Å². The van der Waals surface area contributed by atoms with Gasteiger partial charge in [-0.15, -0.1) is 0 Å². The Kier molecular flexibility index (Phi) is 4.94. The van der Waals surface area contributed by atoms with E-state index in [9.17, 15) is 4.79 Å². The lowest BCUT2D eigenvalue weighted by molar-refractivity contribution is 1.17. The number of nitrogens with one attached hydrogen (secondary N) is 1. The maximum atomic E-state index is 12.0. The first kappa shape index (κ1) is 14.7. The van der Waals surface area contributed by atoms with Crippen LogP contribution >= 0.6 is 0 Å². The van der Waals surface area contributed by atoms with Crippen LogP contribution in [-0.4, -0.2) is 9.96 Å². The van der Waals surface area contributed by atoms with Crippen LogP contribution in [0.4, 0.5) is 0 Å². The van der Waals surface area contributed by atoms with Crippen LogP contribution in [0.1, 0.15) is 25.0 Å². The van der Waals surface area contributed by atoms with Gasteiger partial charge in [-0.3, -0.25) is 4.79 Å². The van der Waals surface area contributed by atoms with Crippen molar-refractivity contribution >= 4 is 16.5 Å². The second-order valence-corrected chi connectivity index (χ2v) is 4.46. The Hall–Kier alpha value is -3.19. The average Bonchev–Trinajstić information content (AvgIpc) is 2.65. The molecule has 3 rings (SSSR count). The highest BCUT2D eigenvalue weighted by molar-refractivity contribution is 5.87. The molecule has 0 aliphatic rings. The lowest BCUT2D eigenvalue weighted by Gasteiger charge is -2.07. The van der Waals surface area contributed by atoms with Gasteiger partial charge >= 0.3 is 0 Å². The average molecular weight is 304 g/mol. The molecule has 1 N–H and O–H groups in total. The van der Waals surface area contributed by atoms with Gasteiger partial charge in [-0.25, -0.2) is 4.98 Å². The van der Waals surface area contributed by atoms with Crippen LogP contribution in [-0.2, 0) is 0 Å². The summed E-state index contributed by atoms with van der Waals surface area (Å²) in [6, 6.07) is 16.7. The maximum absolute atomic E-state index is 12.0. The van der Waals surface area contributed by atoms with Crippen molar-refractivity contribution in [1.29, 1.82) is 5.26 Å². The number of fused-ring (bicyclic) bond motifs is 1. The van der Waals surface area contributed by atoms with E-state index in [1.165, 1.54) is 12.4 Å². The first-order valence-electron chi connectivity index (χ1n) is 7.81. The molecule has 0 amide bonds. The highest BCUT2D eigenvalue weighted by atomic mass is 16.1. The predicted molar refractivity (Wildman–Crippen MR) is 92.8 cm³/mol. The minimum Gasteiger partial charge on any atom is -0.313 e. The Morgan fingerprint density at radius 3 is 2.65 bits per heavy atom. The molecule has 0 bridgehead atoms. The van der Waals surface area contributed by atoms with E-state index in [0.29, 0.717) is 15.9 Å². The number of nitrogens with zero attached hydrogens (tertiary/aromatic N) is 2. The second-order valence-electron chi connectivity index (χ2n) is 4.46. The Balaban J connectivity index is 0.00000100. The molecule has 2 aromatic carbocycles. The van der Waals surface area contributed by atoms with Gasteiger partial charge < -0.3 is 4.98 Å². The monoisotopic (exact) mass is 304 g/mol. The third kappa shape index (κ3) is 3.53. The van der Waals surface area contributed by atoms with E-state index in [2.05, 4.69) is 4.98 Å². The molecule has 0 atom stereocenters. The molecule has 0 unspecified atom stereocenters. The SMILES string of the molecule is CC.[2H]n1cnc2ccc(C(=CC#N)c3ccccc3)cc2c1=O. The topological polar surface area (TPSA) is 69.5 Å². The molecule has 4 heteroatoms. The summed E-state index contributed by atoms with van der Waals surface area (Å²) in [4.78, 5) is 16.8. The number of allylic oxidation sites excluding steroid dienone is 1. The van der Waals surface area contributed by atoms with Crippen LogP contribution in [0.25, 0.3) is 16.5 Å². The Morgan fingerprint density at radius 1 is 1.22 bits per heavy atom. The van der Waals surface area contributed by atoms with Gasteiger partial charge in [0.15, 0.2) is 1.41 Å². The van der Waals surface area contributed by atoms with Crippen molar-refractivity contribution in [2.24, 2.45) is 0 Å². The number of hydrogen-bond donors (Lipinski definition) is 1. The molecular weight excluding hydrogens is 286 g/mol. The summed E-state index contributed by atoms with van der Waals surface area (Å²) in [7, 11) is 0. The van der Waals surface area contributed by atoms with Gasteiger partial charge in [0, 0.05) is 6.08 Å². The molecule has 1 aromatic heterocycles. The lowest BCUT2D eigenvalue weighted by Crippen LogP contribution is -2.06. The van der Waals surface area contributed by atoms with E-state index < -0.39 is 5.56 Å². The van der Waals surface area contributed by atoms with E-state index >= 15 is 0 Å². The van der Waals surface area contributed by atoms with E-state index in [-0.39, 0.29) is 0 Å². The third-order valence-electron chi connectivity index (χ3n) is 3.20. The van der Waals surface area contributed by atoms with Crippen LogP contribution in [0, 0.1) is 11.3 Å². The largest absolute Gasteiger partial charge is 0.313 e. The normalized spacial score (nSPS) is 11.2. The summed E-state index contributed by atoms with van der Waals surface area (Å²) in [6.07, 6.45) is 2.62. The fourth-order valence-electron chi connectivity index (χ4n) is 2.22. The van der Waals surface area contributed by atoms with Crippen LogP contribution < -0.4 is 5.56 Å². The molecule has 4 nitrogen and oxygen atoms in total. The number of aromatic amines is 1. The summed E-state index contributed by atoms with van der Waals surface area (Å²) in [5.74, 6) is 0. The number of hydrogen-bond acceptors (Lipinski definition) is 3. The lowest BCUT2D eigenvalue weighted by atomic mass is 9.97. The molecule has 0 radical (unpaired) electrons. The van der Waals surface area contributed by atoms with Crippen LogP contribution in [0.15, 0.2) is 65.7 Å². The Morgan fingerprint density at radius 2 is 1.96 bits per heavy atom. The molecular formula is C19H17N3O. The van der Waals surface area contributed by atoms with Crippen molar-refractivity contribution < 1.29 is 1.41 Å². The van der Waals surface area contributed by atoms with Crippen molar-refractivity contribution in [3.05, 3.63) is 82.4 Å². The first-order chi connectivity index (χ1) is 11.7. The standard InChI is InChI=1S/C17H11N3O.C2H6/c18-9-8-14(12-4-2-1-3-5-12)13-6-7-16-15(10-13)17(21)20-11-19-16;1-2/h1-8,10-11H,(H,19,20,21);1-2H3/i/hD. The van der Waals surface area contributed by atoms with Gasteiger partial charge in [-0.05, 0) is 28.8 Å². The highest BCUT2D eigenvalue weighted by Crippen LogP contribution is 2.24. The molecule has 114 valence electrons. The van der Waals surface area contributed by atoms with E-state index in [0.717, 1.165) is 16.7 Å². The van der Waals surface area contributed by atoms with Crippen molar-refractivity contribution in [3.8, 4) is 6.07 Å². The molecule has 0 aliphatic carbocycles. The zero-order valence-corrected chi connectivity index (χ0v) is 13.0. The smallest absolute Gasteiger partial charge is 0.258 e. The fourth-order valence-corrected chi connectivity index (χ4v) is 2.22. The Labute approximate surface area is 136 Å². The Bertz CT molecular complexity index is 969. The van der Waals surface area contributed by atoms with Crippen molar-refractivity contribution in [3.63, 3.8) is 0 Å². The first-order valence-corrected chi connectivity index (χ1v) is 7.37. The van der Waals surface area contributed by atoms with E-state index in [1.807, 2.05) is 56.3 Å². The summed E-state index contributed by atoms with van der Waals surface area (Å²) < 4.78 is 7.50. The zero-order valence-electron chi connectivity index (χ0n) is 14.0. The highest BCUT2D eigenvalue weighted by Gasteiger charge is 2.07. The van der Waals surface area contributed by atoms with Crippen molar-refractivity contribution in [2.75, 3.05) is 0 Å².